The molecule has 0 spiro atoms. The van der Waals surface area contributed by atoms with Gasteiger partial charge in [-0.15, -0.1) is 0 Å². The maximum Gasteiger partial charge on any atom is 0.147 e. The van der Waals surface area contributed by atoms with Gasteiger partial charge in [0.15, 0.2) is 0 Å². The van der Waals surface area contributed by atoms with Crippen LogP contribution in [0.4, 0.5) is 0 Å². The third-order valence-electron chi connectivity index (χ3n) is 1.76. The van der Waals surface area contributed by atoms with Crippen LogP contribution in [0.1, 0.15) is 0 Å². The number of benzene rings is 1. The molecule has 14 heavy (non-hydrogen) atoms. The van der Waals surface area contributed by atoms with Gasteiger partial charge in [-0.25, -0.2) is 4.98 Å². The van der Waals surface area contributed by atoms with Crippen LogP contribution in [-0.4, -0.2) is 9.97 Å². The fourth-order valence-corrected chi connectivity index (χ4v) is 1.44. The summed E-state index contributed by atoms with van der Waals surface area (Å²) in [6, 6.07) is 7.88. The van der Waals surface area contributed by atoms with Gasteiger partial charge < -0.3 is 0 Å². The Bertz CT molecular complexity index is 381. The second kappa shape index (κ2) is 4.07. The molecule has 0 bridgehead atoms. The van der Waals surface area contributed by atoms with Crippen LogP contribution in [0.15, 0.2) is 41.1 Å². The molecule has 0 aliphatic carbocycles. The molecule has 1 aromatic heterocycles. The zero-order valence-electron chi connectivity index (χ0n) is 7.11. The molecule has 4 heteroatoms. The maximum absolute atomic E-state index is 5.64. The normalized spacial score (nSPS) is 10.1. The first-order valence-electron chi connectivity index (χ1n) is 3.99. The summed E-state index contributed by atoms with van der Waals surface area (Å²) in [4.78, 5) is 8.14. The first-order valence-corrected chi connectivity index (χ1v) is 5.16. The molecular formula is C10H6BrClN2. The van der Waals surface area contributed by atoms with Gasteiger partial charge in [0.2, 0.25) is 0 Å². The second-order valence-electron chi connectivity index (χ2n) is 2.73. The van der Waals surface area contributed by atoms with E-state index < -0.39 is 0 Å². The summed E-state index contributed by atoms with van der Waals surface area (Å²) in [6.45, 7) is 0. The van der Waals surface area contributed by atoms with Crippen LogP contribution in [0.2, 0.25) is 5.15 Å². The molecular weight excluding hydrogens is 263 g/mol. The molecule has 2 aromatic rings. The Balaban J connectivity index is 2.40. The van der Waals surface area contributed by atoms with Crippen molar-refractivity contribution in [3.63, 3.8) is 0 Å². The highest BCUT2D eigenvalue weighted by molar-refractivity contribution is 9.10. The number of halogens is 2. The van der Waals surface area contributed by atoms with Gasteiger partial charge in [-0.3, -0.25) is 4.98 Å². The van der Waals surface area contributed by atoms with E-state index in [1.807, 2.05) is 24.3 Å². The van der Waals surface area contributed by atoms with Crippen LogP contribution in [0.25, 0.3) is 11.3 Å². The third kappa shape index (κ3) is 2.11. The van der Waals surface area contributed by atoms with Crippen molar-refractivity contribution < 1.29 is 0 Å². The Morgan fingerprint density at radius 2 is 1.71 bits per heavy atom. The third-order valence-corrected chi connectivity index (χ3v) is 2.48. The molecule has 0 saturated heterocycles. The fraction of sp³-hybridized carbons (Fsp3) is 0. The van der Waals surface area contributed by atoms with Crippen LogP contribution in [0.3, 0.4) is 0 Å². The van der Waals surface area contributed by atoms with Crippen molar-refractivity contribution in [2.24, 2.45) is 0 Å². The summed E-state index contributed by atoms with van der Waals surface area (Å²) in [5, 5.41) is 0.408. The highest BCUT2D eigenvalue weighted by atomic mass is 79.9. The van der Waals surface area contributed by atoms with Gasteiger partial charge in [0, 0.05) is 10.0 Å². The zero-order valence-corrected chi connectivity index (χ0v) is 9.46. The van der Waals surface area contributed by atoms with Crippen LogP contribution in [-0.2, 0) is 0 Å². The number of nitrogens with zero attached hydrogens (tertiary/aromatic N) is 2. The minimum absolute atomic E-state index is 0.408. The monoisotopic (exact) mass is 268 g/mol. The minimum atomic E-state index is 0.408. The molecule has 0 atom stereocenters. The van der Waals surface area contributed by atoms with Crippen molar-refractivity contribution in [1.82, 2.24) is 9.97 Å². The molecule has 70 valence electrons. The molecule has 0 amide bonds. The lowest BCUT2D eigenvalue weighted by Gasteiger charge is -1.99. The van der Waals surface area contributed by atoms with E-state index in [0.717, 1.165) is 15.7 Å². The van der Waals surface area contributed by atoms with Crippen molar-refractivity contribution in [1.29, 1.82) is 0 Å². The molecule has 2 nitrogen and oxygen atoms in total. The fourth-order valence-electron chi connectivity index (χ4n) is 1.08. The van der Waals surface area contributed by atoms with E-state index in [4.69, 9.17) is 11.6 Å². The van der Waals surface area contributed by atoms with Gasteiger partial charge in [0.05, 0.1) is 18.1 Å². The average Bonchev–Trinajstić information content (AvgIpc) is 2.21. The summed E-state index contributed by atoms with van der Waals surface area (Å²) in [7, 11) is 0. The Labute approximate surface area is 95.1 Å². The SMILES string of the molecule is Clc1cnc(-c2ccc(Br)cc2)cn1. The standard InChI is InChI=1S/C10H6BrClN2/c11-8-3-1-7(2-4-8)9-5-14-10(12)6-13-9/h1-6H. The summed E-state index contributed by atoms with van der Waals surface area (Å²) in [6.07, 6.45) is 3.20. The van der Waals surface area contributed by atoms with Crippen LogP contribution in [0, 0.1) is 0 Å². The van der Waals surface area contributed by atoms with Gasteiger partial charge >= 0.3 is 0 Å². The van der Waals surface area contributed by atoms with E-state index >= 15 is 0 Å². The first-order chi connectivity index (χ1) is 6.75. The topological polar surface area (TPSA) is 25.8 Å². The highest BCUT2D eigenvalue weighted by Crippen LogP contribution is 2.19. The van der Waals surface area contributed by atoms with Crippen molar-refractivity contribution in [3.05, 3.63) is 46.3 Å². The molecule has 1 heterocycles. The largest absolute Gasteiger partial charge is 0.251 e. The maximum atomic E-state index is 5.64. The van der Waals surface area contributed by atoms with Gasteiger partial charge in [0.25, 0.3) is 0 Å². The summed E-state index contributed by atoms with van der Waals surface area (Å²) < 4.78 is 1.04. The molecule has 0 radical (unpaired) electrons. The molecule has 0 unspecified atom stereocenters. The van der Waals surface area contributed by atoms with Crippen LogP contribution >= 0.6 is 27.5 Å². The molecule has 0 fully saturated rings. The molecule has 0 N–H and O–H groups in total. The quantitative estimate of drug-likeness (QED) is 0.791. The van der Waals surface area contributed by atoms with E-state index in [9.17, 15) is 0 Å². The first kappa shape index (κ1) is 9.62. The summed E-state index contributed by atoms with van der Waals surface area (Å²) in [5.74, 6) is 0. The van der Waals surface area contributed by atoms with Crippen LogP contribution < -0.4 is 0 Å². The Kier molecular flexibility index (Phi) is 2.79. The Morgan fingerprint density at radius 3 is 2.29 bits per heavy atom. The van der Waals surface area contributed by atoms with Gasteiger partial charge in [-0.05, 0) is 12.1 Å². The van der Waals surface area contributed by atoms with E-state index in [2.05, 4.69) is 25.9 Å². The van der Waals surface area contributed by atoms with E-state index in [-0.39, 0.29) is 0 Å². The van der Waals surface area contributed by atoms with Crippen molar-refractivity contribution >= 4 is 27.5 Å². The molecule has 0 aliphatic rings. The van der Waals surface area contributed by atoms with E-state index in [0.29, 0.717) is 5.15 Å². The lowest BCUT2D eigenvalue weighted by molar-refractivity contribution is 1.21. The van der Waals surface area contributed by atoms with Gasteiger partial charge in [0.1, 0.15) is 5.15 Å². The van der Waals surface area contributed by atoms with Gasteiger partial charge in [-0.2, -0.15) is 0 Å². The highest BCUT2D eigenvalue weighted by Gasteiger charge is 1.99. The van der Waals surface area contributed by atoms with E-state index in [1.165, 1.54) is 0 Å². The number of aromatic nitrogens is 2. The predicted molar refractivity (Wildman–Crippen MR) is 60.2 cm³/mol. The molecule has 2 rings (SSSR count). The summed E-state index contributed by atoms with van der Waals surface area (Å²) >= 11 is 9.02. The zero-order chi connectivity index (χ0) is 9.97. The minimum Gasteiger partial charge on any atom is -0.251 e. The number of hydrogen-bond acceptors (Lipinski definition) is 2. The lowest BCUT2D eigenvalue weighted by atomic mass is 10.2. The lowest BCUT2D eigenvalue weighted by Crippen LogP contribution is -1.84. The summed E-state index contributed by atoms with van der Waals surface area (Å²) in [5.41, 5.74) is 1.85. The van der Waals surface area contributed by atoms with Gasteiger partial charge in [-0.1, -0.05) is 39.7 Å². The predicted octanol–water partition coefficient (Wildman–Crippen LogP) is 3.56. The van der Waals surface area contributed by atoms with Crippen LogP contribution in [0.5, 0.6) is 0 Å². The molecule has 0 aliphatic heterocycles. The smallest absolute Gasteiger partial charge is 0.147 e. The van der Waals surface area contributed by atoms with Crippen molar-refractivity contribution in [3.8, 4) is 11.3 Å². The Hall–Kier alpha value is -0.930. The Morgan fingerprint density at radius 1 is 1.00 bits per heavy atom. The second-order valence-corrected chi connectivity index (χ2v) is 4.03. The average molecular weight is 270 g/mol. The number of rotatable bonds is 1. The van der Waals surface area contributed by atoms with Crippen molar-refractivity contribution in [2.45, 2.75) is 0 Å². The van der Waals surface area contributed by atoms with E-state index in [1.54, 1.807) is 12.4 Å². The van der Waals surface area contributed by atoms with Crippen molar-refractivity contribution in [2.75, 3.05) is 0 Å². The molecule has 0 saturated carbocycles. The number of hydrogen-bond donors (Lipinski definition) is 0. The molecule has 1 aromatic carbocycles.